The van der Waals surface area contributed by atoms with Crippen LogP contribution in [0.4, 0.5) is 0 Å². The molecule has 2 rings (SSSR count). The van der Waals surface area contributed by atoms with E-state index in [4.69, 9.17) is 0 Å². The van der Waals surface area contributed by atoms with Gasteiger partial charge in [-0.05, 0) is 30.7 Å². The predicted molar refractivity (Wildman–Crippen MR) is 87.8 cm³/mol. The quantitative estimate of drug-likeness (QED) is 0.601. The van der Waals surface area contributed by atoms with Crippen LogP contribution in [0.25, 0.3) is 6.08 Å². The number of rotatable bonds is 5. The molecule has 1 fully saturated rings. The van der Waals surface area contributed by atoms with Crippen molar-refractivity contribution in [1.82, 2.24) is 15.5 Å². The zero-order chi connectivity index (χ0) is 17.7. The summed E-state index contributed by atoms with van der Waals surface area (Å²) >= 11 is 0. The van der Waals surface area contributed by atoms with E-state index in [1.54, 1.807) is 44.3 Å². The van der Waals surface area contributed by atoms with Gasteiger partial charge in [0.2, 0.25) is 17.7 Å². The molecule has 1 atom stereocenters. The Labute approximate surface area is 139 Å². The van der Waals surface area contributed by atoms with Crippen LogP contribution in [0.15, 0.2) is 30.3 Å². The summed E-state index contributed by atoms with van der Waals surface area (Å²) < 4.78 is 0. The molecule has 0 bridgehead atoms. The van der Waals surface area contributed by atoms with Gasteiger partial charge in [0, 0.05) is 25.2 Å². The Kier molecular flexibility index (Phi) is 5.47. The highest BCUT2D eigenvalue weighted by molar-refractivity contribution is 6.07. The van der Waals surface area contributed by atoms with Crippen LogP contribution in [-0.4, -0.2) is 48.2 Å². The van der Waals surface area contributed by atoms with Crippen LogP contribution in [-0.2, 0) is 14.4 Å². The van der Waals surface area contributed by atoms with Crippen LogP contribution in [0, 0.1) is 0 Å². The first-order valence-electron chi connectivity index (χ1n) is 7.60. The van der Waals surface area contributed by atoms with Gasteiger partial charge in [-0.15, -0.1) is 0 Å². The van der Waals surface area contributed by atoms with Crippen LogP contribution < -0.4 is 10.6 Å². The highest BCUT2D eigenvalue weighted by Crippen LogP contribution is 2.13. The zero-order valence-corrected chi connectivity index (χ0v) is 13.5. The van der Waals surface area contributed by atoms with Crippen molar-refractivity contribution in [1.29, 1.82) is 0 Å². The van der Waals surface area contributed by atoms with Crippen molar-refractivity contribution >= 4 is 29.7 Å². The standard InChI is InChI=1S/C17H19N3O4/c1-3-20(13-10-14(21)19-17(13)24)15(22)9-6-11-4-7-12(8-5-11)16(23)18-2/h4-9,13H,3,10H2,1-2H3,(H,18,23)(H,19,21,24)/b9-6+. The Morgan fingerprint density at radius 2 is 1.96 bits per heavy atom. The molecule has 0 saturated carbocycles. The summed E-state index contributed by atoms with van der Waals surface area (Å²) in [5.41, 5.74) is 1.27. The number of nitrogens with zero attached hydrogens (tertiary/aromatic N) is 1. The lowest BCUT2D eigenvalue weighted by Gasteiger charge is -2.23. The molecule has 1 aromatic carbocycles. The fourth-order valence-corrected chi connectivity index (χ4v) is 2.47. The SMILES string of the molecule is CCN(C(=O)/C=C/c1ccc(C(=O)NC)cc1)C1CC(=O)NC1=O. The number of nitrogens with one attached hydrogen (secondary N) is 2. The van der Waals surface area contributed by atoms with Gasteiger partial charge in [-0.2, -0.15) is 0 Å². The first-order valence-corrected chi connectivity index (χ1v) is 7.60. The Bertz CT molecular complexity index is 694. The molecule has 7 nitrogen and oxygen atoms in total. The van der Waals surface area contributed by atoms with Crippen LogP contribution in [0.2, 0.25) is 0 Å². The molecular weight excluding hydrogens is 310 g/mol. The topological polar surface area (TPSA) is 95.6 Å². The second-order valence-corrected chi connectivity index (χ2v) is 5.29. The summed E-state index contributed by atoms with van der Waals surface area (Å²) in [4.78, 5) is 48.1. The van der Waals surface area contributed by atoms with E-state index in [2.05, 4.69) is 10.6 Å². The summed E-state index contributed by atoms with van der Waals surface area (Å²) in [5.74, 6) is -1.35. The van der Waals surface area contributed by atoms with E-state index in [1.807, 2.05) is 0 Å². The molecule has 0 aliphatic carbocycles. The van der Waals surface area contributed by atoms with Crippen molar-refractivity contribution < 1.29 is 19.2 Å². The number of hydrogen-bond donors (Lipinski definition) is 2. The highest BCUT2D eigenvalue weighted by atomic mass is 16.2. The van der Waals surface area contributed by atoms with E-state index in [0.717, 1.165) is 5.56 Å². The van der Waals surface area contributed by atoms with E-state index >= 15 is 0 Å². The third-order valence-electron chi connectivity index (χ3n) is 3.76. The average molecular weight is 329 g/mol. The van der Waals surface area contributed by atoms with Crippen LogP contribution >= 0.6 is 0 Å². The van der Waals surface area contributed by atoms with Gasteiger partial charge in [-0.25, -0.2) is 0 Å². The third-order valence-corrected chi connectivity index (χ3v) is 3.76. The van der Waals surface area contributed by atoms with E-state index in [9.17, 15) is 19.2 Å². The van der Waals surface area contributed by atoms with Gasteiger partial charge in [0.05, 0.1) is 6.42 Å². The minimum atomic E-state index is -0.754. The molecule has 0 spiro atoms. The molecule has 1 saturated heterocycles. The first-order chi connectivity index (χ1) is 11.5. The average Bonchev–Trinajstić information content (AvgIpc) is 2.91. The third kappa shape index (κ3) is 3.87. The summed E-state index contributed by atoms with van der Waals surface area (Å²) in [5, 5.41) is 4.73. The van der Waals surface area contributed by atoms with Gasteiger partial charge >= 0.3 is 0 Å². The molecule has 1 unspecified atom stereocenters. The van der Waals surface area contributed by atoms with Crippen molar-refractivity contribution in [3.63, 3.8) is 0 Å². The zero-order valence-electron chi connectivity index (χ0n) is 13.5. The molecule has 0 radical (unpaired) electrons. The molecule has 126 valence electrons. The van der Waals surface area contributed by atoms with Crippen LogP contribution in [0.3, 0.4) is 0 Å². The summed E-state index contributed by atoms with van der Waals surface area (Å²) in [6.45, 7) is 2.07. The molecule has 1 aromatic rings. The van der Waals surface area contributed by atoms with Gasteiger partial charge < -0.3 is 10.2 Å². The van der Waals surface area contributed by atoms with Crippen molar-refractivity contribution in [2.45, 2.75) is 19.4 Å². The maximum Gasteiger partial charge on any atom is 0.251 e. The van der Waals surface area contributed by atoms with E-state index in [-0.39, 0.29) is 24.1 Å². The maximum absolute atomic E-state index is 12.3. The molecular formula is C17H19N3O4. The van der Waals surface area contributed by atoms with Crippen molar-refractivity contribution in [2.24, 2.45) is 0 Å². The normalized spacial score (nSPS) is 17.0. The van der Waals surface area contributed by atoms with Gasteiger partial charge in [0.15, 0.2) is 0 Å². The molecule has 1 heterocycles. The van der Waals surface area contributed by atoms with Crippen molar-refractivity contribution in [3.8, 4) is 0 Å². The molecule has 0 aromatic heterocycles. The minimum Gasteiger partial charge on any atom is -0.355 e. The molecule has 2 N–H and O–H groups in total. The van der Waals surface area contributed by atoms with E-state index in [0.29, 0.717) is 12.1 Å². The predicted octanol–water partition coefficient (Wildman–Crippen LogP) is 0.323. The highest BCUT2D eigenvalue weighted by Gasteiger charge is 2.36. The molecule has 24 heavy (non-hydrogen) atoms. The van der Waals surface area contributed by atoms with Gasteiger partial charge in [0.25, 0.3) is 5.91 Å². The number of carbonyl (C=O) groups excluding carboxylic acids is 4. The fraction of sp³-hybridized carbons (Fsp3) is 0.294. The van der Waals surface area contributed by atoms with Gasteiger partial charge in [-0.3, -0.25) is 24.5 Å². The lowest BCUT2D eigenvalue weighted by molar-refractivity contribution is -0.135. The molecule has 7 heteroatoms. The van der Waals surface area contributed by atoms with Crippen molar-refractivity contribution in [2.75, 3.05) is 13.6 Å². The Hall–Kier alpha value is -2.96. The number of amides is 4. The number of carbonyl (C=O) groups is 4. The Balaban J connectivity index is 2.07. The number of likely N-dealkylation sites (N-methyl/N-ethyl adjacent to an activating group) is 1. The Morgan fingerprint density at radius 3 is 2.46 bits per heavy atom. The second kappa shape index (κ2) is 7.54. The largest absolute Gasteiger partial charge is 0.355 e. The van der Waals surface area contributed by atoms with Gasteiger partial charge in [-0.1, -0.05) is 12.1 Å². The fourth-order valence-electron chi connectivity index (χ4n) is 2.47. The summed E-state index contributed by atoms with van der Waals surface area (Å²) in [7, 11) is 1.55. The number of hydrogen-bond acceptors (Lipinski definition) is 4. The number of imide groups is 1. The van der Waals surface area contributed by atoms with Crippen LogP contribution in [0.5, 0.6) is 0 Å². The maximum atomic E-state index is 12.3. The summed E-state index contributed by atoms with van der Waals surface area (Å²) in [6, 6.07) is 6.00. The van der Waals surface area contributed by atoms with E-state index < -0.39 is 11.9 Å². The van der Waals surface area contributed by atoms with Gasteiger partial charge in [0.1, 0.15) is 6.04 Å². The summed E-state index contributed by atoms with van der Waals surface area (Å²) in [6.07, 6.45) is 2.95. The van der Waals surface area contributed by atoms with E-state index in [1.165, 1.54) is 11.0 Å². The lowest BCUT2D eigenvalue weighted by Crippen LogP contribution is -2.43. The first kappa shape index (κ1) is 17.4. The molecule has 1 aliphatic rings. The molecule has 1 aliphatic heterocycles. The minimum absolute atomic E-state index is 0.00687. The molecule has 4 amide bonds. The van der Waals surface area contributed by atoms with Crippen molar-refractivity contribution in [3.05, 3.63) is 41.5 Å². The van der Waals surface area contributed by atoms with Crippen LogP contribution in [0.1, 0.15) is 29.3 Å². The monoisotopic (exact) mass is 329 g/mol. The number of benzene rings is 1. The lowest BCUT2D eigenvalue weighted by atomic mass is 10.1. The Morgan fingerprint density at radius 1 is 1.29 bits per heavy atom. The second-order valence-electron chi connectivity index (χ2n) is 5.29. The smallest absolute Gasteiger partial charge is 0.251 e.